The average molecular weight is 156 g/mol. The highest BCUT2D eigenvalue weighted by Crippen LogP contribution is 2.16. The van der Waals surface area contributed by atoms with Crippen LogP contribution in [0.25, 0.3) is 0 Å². The van der Waals surface area contributed by atoms with Crippen molar-refractivity contribution in [2.75, 3.05) is 6.67 Å². The average Bonchev–Trinajstić information content (AvgIpc) is 1.62. The first-order valence-corrected chi connectivity index (χ1v) is 2.80. The van der Waals surface area contributed by atoms with E-state index < -0.39 is 6.67 Å². The van der Waals surface area contributed by atoms with Crippen molar-refractivity contribution in [3.05, 3.63) is 0 Å². The minimum Gasteiger partial charge on any atom is -0.325 e. The predicted molar refractivity (Wildman–Crippen MR) is 40.7 cm³/mol. The number of rotatable bonds is 1. The van der Waals surface area contributed by atoms with E-state index >= 15 is 0 Å². The Kier molecular flexibility index (Phi) is 5.39. The molecule has 0 amide bonds. The fraction of sp³-hybridized carbons (Fsp3) is 1.00. The van der Waals surface area contributed by atoms with Crippen LogP contribution >= 0.6 is 12.4 Å². The molecular weight excluding hydrogens is 141 g/mol. The molecule has 1 atom stereocenters. The van der Waals surface area contributed by atoms with Gasteiger partial charge in [-0.05, 0) is 5.41 Å². The minimum atomic E-state index is -0.427. The predicted octanol–water partition coefficient (Wildman–Crippen LogP) is 1.75. The van der Waals surface area contributed by atoms with Gasteiger partial charge in [0.2, 0.25) is 0 Å². The maximum absolute atomic E-state index is 11.8. The molecule has 0 aliphatic heterocycles. The summed E-state index contributed by atoms with van der Waals surface area (Å²) in [4.78, 5) is 0. The SMILES string of the molecule is CC(C)(C)C(N)CF.Cl. The van der Waals surface area contributed by atoms with Crippen LogP contribution in [0.5, 0.6) is 0 Å². The van der Waals surface area contributed by atoms with Gasteiger partial charge >= 0.3 is 0 Å². The van der Waals surface area contributed by atoms with Crippen LogP contribution in [0.4, 0.5) is 4.39 Å². The first-order chi connectivity index (χ1) is 3.48. The molecule has 0 aliphatic rings. The molecule has 9 heavy (non-hydrogen) atoms. The number of hydrogen-bond donors (Lipinski definition) is 1. The van der Waals surface area contributed by atoms with Crippen LogP contribution < -0.4 is 5.73 Å². The monoisotopic (exact) mass is 155 g/mol. The summed E-state index contributed by atoms with van der Waals surface area (Å²) in [6, 6.07) is -0.317. The summed E-state index contributed by atoms with van der Waals surface area (Å²) in [5.74, 6) is 0. The maximum atomic E-state index is 11.8. The Balaban J connectivity index is 0. The second-order valence-electron chi connectivity index (χ2n) is 3.13. The summed E-state index contributed by atoms with van der Waals surface area (Å²) >= 11 is 0. The van der Waals surface area contributed by atoms with Crippen molar-refractivity contribution in [1.82, 2.24) is 0 Å². The van der Waals surface area contributed by atoms with E-state index in [1.807, 2.05) is 20.8 Å². The lowest BCUT2D eigenvalue weighted by Crippen LogP contribution is -2.36. The Labute approximate surface area is 62.2 Å². The highest BCUT2D eigenvalue weighted by molar-refractivity contribution is 5.85. The van der Waals surface area contributed by atoms with Gasteiger partial charge in [0.15, 0.2) is 0 Å². The molecule has 0 radical (unpaired) electrons. The largest absolute Gasteiger partial charge is 0.325 e. The number of hydrogen-bond acceptors (Lipinski definition) is 1. The van der Waals surface area contributed by atoms with Crippen molar-refractivity contribution in [1.29, 1.82) is 0 Å². The van der Waals surface area contributed by atoms with Crippen molar-refractivity contribution in [3.63, 3.8) is 0 Å². The molecule has 58 valence electrons. The molecule has 0 spiro atoms. The number of nitrogens with two attached hydrogens (primary N) is 1. The minimum absolute atomic E-state index is 0. The Morgan fingerprint density at radius 1 is 1.44 bits per heavy atom. The van der Waals surface area contributed by atoms with Gasteiger partial charge in [0, 0.05) is 6.04 Å². The van der Waals surface area contributed by atoms with E-state index in [9.17, 15) is 4.39 Å². The first kappa shape index (κ1) is 11.9. The van der Waals surface area contributed by atoms with Crippen molar-refractivity contribution in [2.45, 2.75) is 26.8 Å². The van der Waals surface area contributed by atoms with Crippen LogP contribution in [0.15, 0.2) is 0 Å². The molecule has 3 heteroatoms. The number of alkyl halides is 1. The van der Waals surface area contributed by atoms with Gasteiger partial charge in [0.05, 0.1) is 0 Å². The van der Waals surface area contributed by atoms with Crippen molar-refractivity contribution >= 4 is 12.4 Å². The molecule has 0 saturated carbocycles. The highest BCUT2D eigenvalue weighted by atomic mass is 35.5. The topological polar surface area (TPSA) is 26.0 Å². The van der Waals surface area contributed by atoms with E-state index in [0.29, 0.717) is 0 Å². The van der Waals surface area contributed by atoms with Gasteiger partial charge in [0.25, 0.3) is 0 Å². The molecule has 0 saturated heterocycles. The summed E-state index contributed by atoms with van der Waals surface area (Å²) in [5, 5.41) is 0. The Morgan fingerprint density at radius 3 is 1.78 bits per heavy atom. The van der Waals surface area contributed by atoms with Gasteiger partial charge in [-0.25, -0.2) is 4.39 Å². The van der Waals surface area contributed by atoms with Gasteiger partial charge in [-0.2, -0.15) is 0 Å². The Bertz CT molecular complexity index is 69.9. The van der Waals surface area contributed by atoms with E-state index in [0.717, 1.165) is 0 Å². The quantitative estimate of drug-likeness (QED) is 0.614. The fourth-order valence-electron chi connectivity index (χ4n) is 0.231. The zero-order chi connectivity index (χ0) is 6.78. The Hall–Kier alpha value is 0.180. The summed E-state index contributed by atoms with van der Waals surface area (Å²) in [6.07, 6.45) is 0. The van der Waals surface area contributed by atoms with Crippen LogP contribution in [-0.4, -0.2) is 12.7 Å². The van der Waals surface area contributed by atoms with Crippen LogP contribution in [0.1, 0.15) is 20.8 Å². The molecule has 0 aliphatic carbocycles. The van der Waals surface area contributed by atoms with Gasteiger partial charge in [-0.3, -0.25) is 0 Å². The molecule has 0 heterocycles. The zero-order valence-corrected chi connectivity index (χ0v) is 6.96. The van der Waals surface area contributed by atoms with Gasteiger partial charge in [0.1, 0.15) is 6.67 Å². The molecule has 0 aromatic carbocycles. The summed E-state index contributed by atoms with van der Waals surface area (Å²) in [5.41, 5.74) is 5.29. The molecule has 0 rings (SSSR count). The molecule has 1 nitrogen and oxygen atoms in total. The molecule has 0 bridgehead atoms. The van der Waals surface area contributed by atoms with Gasteiger partial charge in [-0.15, -0.1) is 12.4 Å². The molecule has 0 aromatic heterocycles. The summed E-state index contributed by atoms with van der Waals surface area (Å²) < 4.78 is 11.8. The smallest absolute Gasteiger partial charge is 0.105 e. The van der Waals surface area contributed by atoms with Gasteiger partial charge in [-0.1, -0.05) is 20.8 Å². The fourth-order valence-corrected chi connectivity index (χ4v) is 0.231. The van der Waals surface area contributed by atoms with E-state index in [1.165, 1.54) is 0 Å². The molecule has 0 fully saturated rings. The second kappa shape index (κ2) is 4.07. The lowest BCUT2D eigenvalue weighted by atomic mass is 9.88. The lowest BCUT2D eigenvalue weighted by molar-refractivity contribution is 0.264. The third kappa shape index (κ3) is 4.67. The Morgan fingerprint density at radius 2 is 1.78 bits per heavy atom. The van der Waals surface area contributed by atoms with Crippen LogP contribution in [0.2, 0.25) is 0 Å². The third-order valence-electron chi connectivity index (χ3n) is 1.28. The first-order valence-electron chi connectivity index (χ1n) is 2.80. The van der Waals surface area contributed by atoms with Crippen molar-refractivity contribution < 1.29 is 4.39 Å². The molecule has 2 N–H and O–H groups in total. The summed E-state index contributed by atoms with van der Waals surface area (Å²) in [6.45, 7) is 5.36. The molecule has 0 aromatic rings. The van der Waals surface area contributed by atoms with E-state index in [1.54, 1.807) is 0 Å². The molecule has 1 unspecified atom stereocenters. The van der Waals surface area contributed by atoms with E-state index in [4.69, 9.17) is 5.73 Å². The zero-order valence-electron chi connectivity index (χ0n) is 6.15. The second-order valence-corrected chi connectivity index (χ2v) is 3.13. The van der Waals surface area contributed by atoms with Crippen LogP contribution in [0, 0.1) is 5.41 Å². The van der Waals surface area contributed by atoms with Crippen molar-refractivity contribution in [3.8, 4) is 0 Å². The third-order valence-corrected chi connectivity index (χ3v) is 1.28. The van der Waals surface area contributed by atoms with Crippen LogP contribution in [-0.2, 0) is 0 Å². The summed E-state index contributed by atoms with van der Waals surface area (Å²) in [7, 11) is 0. The van der Waals surface area contributed by atoms with Gasteiger partial charge < -0.3 is 5.73 Å². The lowest BCUT2D eigenvalue weighted by Gasteiger charge is -2.23. The van der Waals surface area contributed by atoms with E-state index in [-0.39, 0.29) is 23.9 Å². The van der Waals surface area contributed by atoms with Crippen LogP contribution in [0.3, 0.4) is 0 Å². The van der Waals surface area contributed by atoms with E-state index in [2.05, 4.69) is 0 Å². The molecular formula is C6H15ClFN. The highest BCUT2D eigenvalue weighted by Gasteiger charge is 2.19. The van der Waals surface area contributed by atoms with Crippen molar-refractivity contribution in [2.24, 2.45) is 11.1 Å². The standard InChI is InChI=1S/C6H14FN.ClH/c1-6(2,3)5(8)4-7;/h5H,4,8H2,1-3H3;1H. The number of halogens is 2. The maximum Gasteiger partial charge on any atom is 0.105 e. The normalized spacial score (nSPS) is 14.3.